The molecule has 16 heavy (non-hydrogen) atoms. The van der Waals surface area contributed by atoms with E-state index in [2.05, 4.69) is 14.9 Å². The second kappa shape index (κ2) is 4.65. The molecule has 5 nitrogen and oxygen atoms in total. The number of hydrogen-bond acceptors (Lipinski definition) is 5. The Kier molecular flexibility index (Phi) is 3.24. The van der Waals surface area contributed by atoms with Crippen LogP contribution in [0.1, 0.15) is 19.0 Å². The Morgan fingerprint density at radius 2 is 2.38 bits per heavy atom. The third-order valence-electron chi connectivity index (χ3n) is 2.62. The van der Waals surface area contributed by atoms with Crippen molar-refractivity contribution >= 4 is 5.95 Å². The fourth-order valence-corrected chi connectivity index (χ4v) is 1.86. The summed E-state index contributed by atoms with van der Waals surface area (Å²) in [5.41, 5.74) is 6.79. The highest BCUT2D eigenvalue weighted by atomic mass is 16.5. The molecule has 1 aromatic rings. The molecule has 1 atom stereocenters. The van der Waals surface area contributed by atoms with Crippen molar-refractivity contribution in [2.45, 2.75) is 26.3 Å². The molecule has 0 aromatic carbocycles. The fourth-order valence-electron chi connectivity index (χ4n) is 1.86. The van der Waals surface area contributed by atoms with Crippen LogP contribution in [0, 0.1) is 6.92 Å². The molecule has 1 aliphatic heterocycles. The number of anilines is 1. The molecule has 0 aliphatic carbocycles. The molecule has 2 rings (SSSR count). The minimum absolute atomic E-state index is 0.236. The van der Waals surface area contributed by atoms with Gasteiger partial charge in [-0.05, 0) is 20.3 Å². The van der Waals surface area contributed by atoms with Crippen LogP contribution in [0.2, 0.25) is 0 Å². The minimum atomic E-state index is 0.236. The van der Waals surface area contributed by atoms with Crippen LogP contribution in [0.25, 0.3) is 0 Å². The number of ether oxygens (including phenoxy) is 1. The van der Waals surface area contributed by atoms with E-state index < -0.39 is 0 Å². The van der Waals surface area contributed by atoms with Crippen LogP contribution >= 0.6 is 0 Å². The van der Waals surface area contributed by atoms with Gasteiger partial charge in [0.1, 0.15) is 0 Å². The fraction of sp³-hybridized carbons (Fsp3) is 0.636. The molecule has 0 amide bonds. The molecule has 0 radical (unpaired) electrons. The van der Waals surface area contributed by atoms with E-state index in [-0.39, 0.29) is 6.04 Å². The van der Waals surface area contributed by atoms with Crippen molar-refractivity contribution in [2.24, 2.45) is 5.73 Å². The molecular weight excluding hydrogens is 204 g/mol. The Hall–Kier alpha value is -1.36. The predicted octanol–water partition coefficient (Wildman–Crippen LogP) is 0.721. The lowest BCUT2D eigenvalue weighted by molar-refractivity contribution is 0.326. The first-order valence-corrected chi connectivity index (χ1v) is 5.68. The maximum Gasteiger partial charge on any atom is 0.228 e. The summed E-state index contributed by atoms with van der Waals surface area (Å²) in [4.78, 5) is 10.9. The molecule has 0 spiro atoms. The first-order chi connectivity index (χ1) is 7.69. The van der Waals surface area contributed by atoms with E-state index in [1.54, 1.807) is 0 Å². The monoisotopic (exact) mass is 222 g/mol. The van der Waals surface area contributed by atoms with E-state index >= 15 is 0 Å². The summed E-state index contributed by atoms with van der Waals surface area (Å²) >= 11 is 0. The zero-order chi connectivity index (χ0) is 11.5. The number of nitrogens with zero attached hydrogens (tertiary/aromatic N) is 3. The molecule has 0 saturated carbocycles. The summed E-state index contributed by atoms with van der Waals surface area (Å²) in [5.74, 6) is 1.38. The molecule has 1 saturated heterocycles. The van der Waals surface area contributed by atoms with Crippen LogP contribution in [0.4, 0.5) is 5.95 Å². The van der Waals surface area contributed by atoms with E-state index in [1.165, 1.54) is 0 Å². The summed E-state index contributed by atoms with van der Waals surface area (Å²) in [6, 6.07) is 2.09. The van der Waals surface area contributed by atoms with Gasteiger partial charge in [-0.3, -0.25) is 0 Å². The Bertz CT molecular complexity index is 369. The van der Waals surface area contributed by atoms with E-state index in [0.29, 0.717) is 12.5 Å². The average Bonchev–Trinajstić information content (AvgIpc) is 2.64. The zero-order valence-corrected chi connectivity index (χ0v) is 9.81. The van der Waals surface area contributed by atoms with E-state index in [0.717, 1.165) is 31.2 Å². The topological polar surface area (TPSA) is 64.3 Å². The highest BCUT2D eigenvalue weighted by Crippen LogP contribution is 2.19. The highest BCUT2D eigenvalue weighted by molar-refractivity contribution is 5.36. The number of rotatable bonds is 3. The van der Waals surface area contributed by atoms with Crippen molar-refractivity contribution < 1.29 is 4.74 Å². The van der Waals surface area contributed by atoms with E-state index in [9.17, 15) is 0 Å². The number of nitrogens with two attached hydrogens (primary N) is 1. The third kappa shape index (κ3) is 2.41. The van der Waals surface area contributed by atoms with E-state index in [4.69, 9.17) is 10.5 Å². The number of aryl methyl sites for hydroxylation is 1. The zero-order valence-electron chi connectivity index (χ0n) is 9.81. The van der Waals surface area contributed by atoms with Crippen LogP contribution < -0.4 is 15.4 Å². The normalized spacial score (nSPS) is 20.2. The maximum atomic E-state index is 5.87. The summed E-state index contributed by atoms with van der Waals surface area (Å²) in [7, 11) is 0. The largest absolute Gasteiger partial charge is 0.478 e. The molecule has 0 bridgehead atoms. The third-order valence-corrected chi connectivity index (χ3v) is 2.62. The van der Waals surface area contributed by atoms with Crippen molar-refractivity contribution in [3.05, 3.63) is 11.8 Å². The molecule has 2 N–H and O–H groups in total. The lowest BCUT2D eigenvalue weighted by atomic mass is 10.3. The van der Waals surface area contributed by atoms with Crippen LogP contribution in [-0.4, -0.2) is 35.7 Å². The predicted molar refractivity (Wildman–Crippen MR) is 62.7 cm³/mol. The van der Waals surface area contributed by atoms with Gasteiger partial charge in [0.25, 0.3) is 0 Å². The summed E-state index contributed by atoms with van der Waals surface area (Å²) in [6.07, 6.45) is 1.00. The summed E-state index contributed by atoms with van der Waals surface area (Å²) in [6.45, 7) is 6.27. The van der Waals surface area contributed by atoms with Crippen LogP contribution in [0.15, 0.2) is 6.07 Å². The molecule has 2 heterocycles. The van der Waals surface area contributed by atoms with Crippen molar-refractivity contribution in [1.82, 2.24) is 9.97 Å². The molecule has 1 fully saturated rings. The number of hydrogen-bond donors (Lipinski definition) is 1. The Balaban J connectivity index is 2.20. The van der Waals surface area contributed by atoms with Gasteiger partial charge in [-0.25, -0.2) is 4.98 Å². The summed E-state index contributed by atoms with van der Waals surface area (Å²) in [5, 5.41) is 0. The first kappa shape index (κ1) is 11.1. The SMILES string of the molecule is CCOc1cc(C)nc(N2CCC(N)C2)n1. The van der Waals surface area contributed by atoms with Gasteiger partial charge in [-0.1, -0.05) is 0 Å². The Morgan fingerprint density at radius 1 is 1.56 bits per heavy atom. The standard InChI is InChI=1S/C11H18N4O/c1-3-16-10-6-8(2)13-11(14-10)15-5-4-9(12)7-15/h6,9H,3-5,7,12H2,1-2H3. The first-order valence-electron chi connectivity index (χ1n) is 5.68. The average molecular weight is 222 g/mol. The minimum Gasteiger partial charge on any atom is -0.478 e. The Morgan fingerprint density at radius 3 is 3.00 bits per heavy atom. The van der Waals surface area contributed by atoms with Crippen molar-refractivity contribution in [3.8, 4) is 5.88 Å². The second-order valence-corrected chi connectivity index (χ2v) is 4.08. The molecule has 1 aliphatic rings. The van der Waals surface area contributed by atoms with Crippen LogP contribution in [0.3, 0.4) is 0 Å². The van der Waals surface area contributed by atoms with Gasteiger partial charge in [0.15, 0.2) is 0 Å². The van der Waals surface area contributed by atoms with Crippen molar-refractivity contribution in [2.75, 3.05) is 24.6 Å². The molecule has 88 valence electrons. The van der Waals surface area contributed by atoms with E-state index in [1.807, 2.05) is 19.9 Å². The quantitative estimate of drug-likeness (QED) is 0.816. The van der Waals surface area contributed by atoms with Gasteiger partial charge in [-0.2, -0.15) is 4.98 Å². The highest BCUT2D eigenvalue weighted by Gasteiger charge is 2.21. The van der Waals surface area contributed by atoms with Crippen LogP contribution in [0.5, 0.6) is 5.88 Å². The smallest absolute Gasteiger partial charge is 0.228 e. The molecule has 1 unspecified atom stereocenters. The van der Waals surface area contributed by atoms with Gasteiger partial charge in [0.2, 0.25) is 11.8 Å². The molecule has 1 aromatic heterocycles. The van der Waals surface area contributed by atoms with Crippen molar-refractivity contribution in [1.29, 1.82) is 0 Å². The summed E-state index contributed by atoms with van der Waals surface area (Å²) < 4.78 is 5.40. The lowest BCUT2D eigenvalue weighted by Crippen LogP contribution is -2.27. The van der Waals surface area contributed by atoms with Crippen molar-refractivity contribution in [3.63, 3.8) is 0 Å². The van der Waals surface area contributed by atoms with Gasteiger partial charge >= 0.3 is 0 Å². The Labute approximate surface area is 95.6 Å². The van der Waals surface area contributed by atoms with Gasteiger partial charge in [0.05, 0.1) is 6.61 Å². The molecular formula is C11H18N4O. The molecule has 5 heteroatoms. The van der Waals surface area contributed by atoms with Crippen LogP contribution in [-0.2, 0) is 0 Å². The van der Waals surface area contributed by atoms with Gasteiger partial charge < -0.3 is 15.4 Å². The second-order valence-electron chi connectivity index (χ2n) is 4.08. The number of aromatic nitrogens is 2. The van der Waals surface area contributed by atoms with Gasteiger partial charge in [0, 0.05) is 30.9 Å². The van der Waals surface area contributed by atoms with Gasteiger partial charge in [-0.15, -0.1) is 0 Å². The lowest BCUT2D eigenvalue weighted by Gasteiger charge is -2.16. The maximum absolute atomic E-state index is 5.87.